The van der Waals surface area contributed by atoms with Gasteiger partial charge in [-0.1, -0.05) is 6.07 Å². The van der Waals surface area contributed by atoms with E-state index < -0.39 is 0 Å². The first kappa shape index (κ1) is 11.8. The van der Waals surface area contributed by atoms with Gasteiger partial charge in [-0.2, -0.15) is 0 Å². The molecule has 0 spiro atoms. The van der Waals surface area contributed by atoms with E-state index >= 15 is 0 Å². The molecule has 0 aromatic carbocycles. The Morgan fingerprint density at radius 3 is 2.64 bits per heavy atom. The summed E-state index contributed by atoms with van der Waals surface area (Å²) in [4.78, 5) is 4.03. The van der Waals surface area contributed by atoms with Crippen molar-refractivity contribution >= 4 is 23.2 Å². The lowest BCUT2D eigenvalue weighted by atomic mass is 10.1. The van der Waals surface area contributed by atoms with Gasteiger partial charge in [0.15, 0.2) is 0 Å². The highest BCUT2D eigenvalue weighted by atomic mass is 35.5. The third-order valence-electron chi connectivity index (χ3n) is 2.03. The lowest BCUT2D eigenvalue weighted by Gasteiger charge is -2.25. The number of rotatable bonds is 5. The molecule has 0 amide bonds. The molecule has 0 unspecified atom stereocenters. The molecule has 1 aromatic rings. The summed E-state index contributed by atoms with van der Waals surface area (Å²) in [5, 5.41) is 3.31. The second-order valence-corrected chi connectivity index (χ2v) is 4.08. The second-order valence-electron chi connectivity index (χ2n) is 3.54. The van der Waals surface area contributed by atoms with Crippen LogP contribution in [-0.2, 0) is 6.54 Å². The number of pyridine rings is 1. The van der Waals surface area contributed by atoms with Crippen LogP contribution in [0.4, 0.5) is 0 Å². The normalized spacial score (nSPS) is 11.6. The molecule has 0 saturated heterocycles. The molecule has 1 rings (SSSR count). The molecule has 2 nitrogen and oxygen atoms in total. The summed E-state index contributed by atoms with van der Waals surface area (Å²) < 4.78 is 0. The quantitative estimate of drug-likeness (QED) is 0.790. The molecule has 0 fully saturated rings. The van der Waals surface area contributed by atoms with Gasteiger partial charge in [-0.3, -0.25) is 4.98 Å². The van der Waals surface area contributed by atoms with Gasteiger partial charge in [-0.15, -0.1) is 23.2 Å². The minimum absolute atomic E-state index is 0.209. The van der Waals surface area contributed by atoms with E-state index in [1.165, 1.54) is 0 Å². The molecule has 0 aliphatic rings. The van der Waals surface area contributed by atoms with Gasteiger partial charge in [0.05, 0.1) is 0 Å². The van der Waals surface area contributed by atoms with Crippen LogP contribution in [0.2, 0.25) is 0 Å². The minimum atomic E-state index is -0.209. The lowest BCUT2D eigenvalue weighted by Crippen LogP contribution is -2.45. The number of hydrogen-bond donors (Lipinski definition) is 1. The maximum absolute atomic E-state index is 5.81. The Kier molecular flexibility index (Phi) is 4.66. The maximum atomic E-state index is 5.81. The van der Waals surface area contributed by atoms with Crippen LogP contribution in [0.25, 0.3) is 0 Å². The van der Waals surface area contributed by atoms with E-state index in [2.05, 4.69) is 10.3 Å². The van der Waals surface area contributed by atoms with Crippen LogP contribution in [0, 0.1) is 0 Å². The van der Waals surface area contributed by atoms with Crippen molar-refractivity contribution in [1.82, 2.24) is 10.3 Å². The Hall–Kier alpha value is -0.310. The van der Waals surface area contributed by atoms with Gasteiger partial charge in [0, 0.05) is 36.2 Å². The fraction of sp³-hybridized carbons (Fsp3) is 0.500. The Labute approximate surface area is 94.6 Å². The molecule has 0 atom stereocenters. The third kappa shape index (κ3) is 3.45. The van der Waals surface area contributed by atoms with Crippen molar-refractivity contribution in [2.24, 2.45) is 0 Å². The molecule has 0 saturated carbocycles. The summed E-state index contributed by atoms with van der Waals surface area (Å²) in [5.74, 6) is 0.994. The topological polar surface area (TPSA) is 24.9 Å². The SMILES string of the molecule is CC(CCl)(CCl)NCc1cccnc1. The van der Waals surface area contributed by atoms with Gasteiger partial charge in [-0.25, -0.2) is 0 Å². The van der Waals surface area contributed by atoms with E-state index in [1.54, 1.807) is 6.20 Å². The molecule has 1 N–H and O–H groups in total. The molecule has 78 valence electrons. The molecule has 1 aromatic heterocycles. The largest absolute Gasteiger partial charge is 0.305 e. The van der Waals surface area contributed by atoms with Crippen molar-refractivity contribution in [1.29, 1.82) is 0 Å². The van der Waals surface area contributed by atoms with E-state index in [0.717, 1.165) is 12.1 Å². The zero-order valence-electron chi connectivity index (χ0n) is 8.13. The first-order chi connectivity index (χ1) is 6.70. The molecule has 0 bridgehead atoms. The Balaban J connectivity index is 2.48. The molecular weight excluding hydrogens is 219 g/mol. The predicted molar refractivity (Wildman–Crippen MR) is 60.9 cm³/mol. The van der Waals surface area contributed by atoms with E-state index in [4.69, 9.17) is 23.2 Å². The van der Waals surface area contributed by atoms with Crippen LogP contribution in [0.5, 0.6) is 0 Å². The lowest BCUT2D eigenvalue weighted by molar-refractivity contribution is 0.434. The van der Waals surface area contributed by atoms with Crippen LogP contribution in [0.3, 0.4) is 0 Å². The smallest absolute Gasteiger partial charge is 0.0427 e. The van der Waals surface area contributed by atoms with Crippen molar-refractivity contribution in [2.45, 2.75) is 19.0 Å². The van der Waals surface area contributed by atoms with E-state index in [9.17, 15) is 0 Å². The molecular formula is C10H14Cl2N2. The van der Waals surface area contributed by atoms with Gasteiger partial charge >= 0.3 is 0 Å². The van der Waals surface area contributed by atoms with Crippen LogP contribution in [0.1, 0.15) is 12.5 Å². The van der Waals surface area contributed by atoms with E-state index in [1.807, 2.05) is 25.3 Å². The van der Waals surface area contributed by atoms with Gasteiger partial charge < -0.3 is 5.32 Å². The van der Waals surface area contributed by atoms with Gasteiger partial charge in [0.2, 0.25) is 0 Å². The Bertz CT molecular complexity index is 260. The zero-order valence-corrected chi connectivity index (χ0v) is 9.65. The zero-order chi connectivity index (χ0) is 10.4. The summed E-state index contributed by atoms with van der Waals surface area (Å²) in [6, 6.07) is 3.93. The Morgan fingerprint density at radius 1 is 1.43 bits per heavy atom. The molecule has 4 heteroatoms. The monoisotopic (exact) mass is 232 g/mol. The summed E-state index contributed by atoms with van der Waals surface area (Å²) >= 11 is 11.6. The first-order valence-electron chi connectivity index (χ1n) is 4.46. The van der Waals surface area contributed by atoms with Crippen LogP contribution in [-0.4, -0.2) is 22.3 Å². The van der Waals surface area contributed by atoms with Crippen molar-refractivity contribution in [3.05, 3.63) is 30.1 Å². The highest BCUT2D eigenvalue weighted by molar-refractivity contribution is 6.22. The first-order valence-corrected chi connectivity index (χ1v) is 5.53. The van der Waals surface area contributed by atoms with Crippen LogP contribution in [0.15, 0.2) is 24.5 Å². The number of nitrogens with one attached hydrogen (secondary N) is 1. The maximum Gasteiger partial charge on any atom is 0.0427 e. The van der Waals surface area contributed by atoms with Crippen molar-refractivity contribution in [2.75, 3.05) is 11.8 Å². The standard InChI is InChI=1S/C10H14Cl2N2/c1-10(7-11,8-12)14-6-9-3-2-4-13-5-9/h2-5,14H,6-8H2,1H3. The fourth-order valence-corrected chi connectivity index (χ4v) is 1.42. The number of aromatic nitrogens is 1. The third-order valence-corrected chi connectivity index (χ3v) is 3.21. The highest BCUT2D eigenvalue weighted by Gasteiger charge is 2.20. The molecule has 0 aliphatic carbocycles. The average Bonchev–Trinajstić information content (AvgIpc) is 2.27. The summed E-state index contributed by atoms with van der Waals surface area (Å²) in [5.41, 5.74) is 0.924. The van der Waals surface area contributed by atoms with Crippen molar-refractivity contribution < 1.29 is 0 Å². The average molecular weight is 233 g/mol. The number of alkyl halides is 2. The van der Waals surface area contributed by atoms with Crippen molar-refractivity contribution in [3.8, 4) is 0 Å². The number of hydrogen-bond acceptors (Lipinski definition) is 2. The van der Waals surface area contributed by atoms with Gasteiger partial charge in [0.1, 0.15) is 0 Å². The second kappa shape index (κ2) is 5.54. The fourth-order valence-electron chi connectivity index (χ4n) is 0.948. The Morgan fingerprint density at radius 2 is 2.14 bits per heavy atom. The molecule has 0 radical (unpaired) electrons. The summed E-state index contributed by atoms with van der Waals surface area (Å²) in [6.07, 6.45) is 3.58. The predicted octanol–water partition coefficient (Wildman–Crippen LogP) is 2.41. The van der Waals surface area contributed by atoms with E-state index in [-0.39, 0.29) is 5.54 Å². The van der Waals surface area contributed by atoms with Gasteiger partial charge in [0.25, 0.3) is 0 Å². The van der Waals surface area contributed by atoms with Crippen molar-refractivity contribution in [3.63, 3.8) is 0 Å². The molecule has 0 aliphatic heterocycles. The number of halogens is 2. The van der Waals surface area contributed by atoms with E-state index in [0.29, 0.717) is 11.8 Å². The molecule has 14 heavy (non-hydrogen) atoms. The summed E-state index contributed by atoms with van der Waals surface area (Å²) in [6.45, 7) is 2.74. The number of nitrogens with zero attached hydrogens (tertiary/aromatic N) is 1. The van der Waals surface area contributed by atoms with Gasteiger partial charge in [-0.05, 0) is 18.6 Å². The van der Waals surface area contributed by atoms with Crippen LogP contribution >= 0.6 is 23.2 Å². The minimum Gasteiger partial charge on any atom is -0.305 e. The highest BCUT2D eigenvalue weighted by Crippen LogP contribution is 2.10. The van der Waals surface area contributed by atoms with Crippen LogP contribution < -0.4 is 5.32 Å². The summed E-state index contributed by atoms with van der Waals surface area (Å²) in [7, 11) is 0. The molecule has 1 heterocycles.